The third-order valence-corrected chi connectivity index (χ3v) is 12.1. The van der Waals surface area contributed by atoms with E-state index in [2.05, 4.69) is 91.8 Å². The molecule has 0 spiro atoms. The van der Waals surface area contributed by atoms with Crippen LogP contribution >= 0.6 is 0 Å². The first-order valence-electron chi connectivity index (χ1n) is 19.5. The first kappa shape index (κ1) is 38.5. The Labute approximate surface area is 317 Å². The van der Waals surface area contributed by atoms with Gasteiger partial charge >= 0.3 is 11.9 Å². The highest BCUT2D eigenvalue weighted by Crippen LogP contribution is 2.49. The van der Waals surface area contributed by atoms with Gasteiger partial charge in [0.05, 0.1) is 24.3 Å². The van der Waals surface area contributed by atoms with Gasteiger partial charge in [0.15, 0.2) is 0 Å². The van der Waals surface area contributed by atoms with Crippen molar-refractivity contribution < 1.29 is 23.8 Å². The van der Waals surface area contributed by atoms with Crippen LogP contribution in [-0.2, 0) is 35.9 Å². The van der Waals surface area contributed by atoms with Crippen molar-refractivity contribution in [3.8, 4) is 0 Å². The lowest BCUT2D eigenvalue weighted by Gasteiger charge is -2.42. The van der Waals surface area contributed by atoms with Gasteiger partial charge in [-0.05, 0) is 130 Å². The summed E-state index contributed by atoms with van der Waals surface area (Å²) in [5.74, 6) is -0.679. The molecule has 280 valence electrons. The standard InChI is InChI=1S/C48H58O5/c1-11-51-43(49)33-17-13-31(14-18-33)41(35-21-23-37-39(29-35)47(7,8)27-25-45(37,3)4)53-42(32-15-19-34(20-16-32)44(50)52-12-2)36-22-24-38-40(30-36)48(9,10)28-26-46(38,5)6/h13-24,29-30,41-42H,11-12,25-28H2,1-10H3. The van der Waals surface area contributed by atoms with E-state index in [0.29, 0.717) is 24.3 Å². The zero-order chi connectivity index (χ0) is 38.3. The Morgan fingerprint density at radius 2 is 0.774 bits per heavy atom. The minimum atomic E-state index is -0.465. The van der Waals surface area contributed by atoms with E-state index in [-0.39, 0.29) is 33.6 Å². The van der Waals surface area contributed by atoms with Crippen LogP contribution in [0.25, 0.3) is 0 Å². The summed E-state index contributed by atoms with van der Waals surface area (Å²) in [6.07, 6.45) is 3.55. The van der Waals surface area contributed by atoms with Crippen molar-refractivity contribution in [1.29, 1.82) is 0 Å². The second kappa shape index (κ2) is 14.5. The summed E-state index contributed by atoms with van der Waals surface area (Å²) in [5.41, 5.74) is 10.7. The molecule has 0 heterocycles. The van der Waals surface area contributed by atoms with Crippen molar-refractivity contribution in [3.05, 3.63) is 141 Å². The van der Waals surface area contributed by atoms with Crippen molar-refractivity contribution in [2.75, 3.05) is 13.2 Å². The first-order chi connectivity index (χ1) is 25.0. The number of carbonyl (C=O) groups is 2. The third kappa shape index (κ3) is 7.74. The normalized spacial score (nSPS) is 18.9. The molecule has 0 aliphatic heterocycles. The molecule has 0 bridgehead atoms. The number of esters is 2. The van der Waals surface area contributed by atoms with E-state index in [4.69, 9.17) is 14.2 Å². The fraction of sp³-hybridized carbons (Fsp3) is 0.458. The number of hydrogen-bond acceptors (Lipinski definition) is 5. The van der Waals surface area contributed by atoms with Gasteiger partial charge in [-0.25, -0.2) is 9.59 Å². The molecule has 2 unspecified atom stereocenters. The molecule has 5 nitrogen and oxygen atoms in total. The predicted molar refractivity (Wildman–Crippen MR) is 213 cm³/mol. The molecule has 6 rings (SSSR count). The summed E-state index contributed by atoms with van der Waals surface area (Å²) < 4.78 is 18.1. The molecular weight excluding hydrogens is 657 g/mol. The van der Waals surface area contributed by atoms with E-state index in [1.54, 1.807) is 0 Å². The molecule has 0 saturated heterocycles. The molecule has 2 atom stereocenters. The second-order valence-corrected chi connectivity index (χ2v) is 17.7. The SMILES string of the molecule is CCOC(=O)c1ccc(C(OC(c2ccc(C(=O)OCC)cc2)c2ccc3c(c2)C(C)(C)CCC3(C)C)c2ccc3c(c2)C(C)(C)CCC3(C)C)cc1. The smallest absolute Gasteiger partial charge is 0.338 e. The maximum atomic E-state index is 12.7. The monoisotopic (exact) mass is 714 g/mol. The van der Waals surface area contributed by atoms with Crippen LogP contribution < -0.4 is 0 Å². The summed E-state index contributed by atoms with van der Waals surface area (Å²) in [6, 6.07) is 29.1. The number of rotatable bonds is 10. The molecular formula is C48H58O5. The summed E-state index contributed by atoms with van der Waals surface area (Å²) in [7, 11) is 0. The van der Waals surface area contributed by atoms with E-state index in [0.717, 1.165) is 47.9 Å². The van der Waals surface area contributed by atoms with Crippen LogP contribution in [-0.4, -0.2) is 25.2 Å². The Kier molecular flexibility index (Phi) is 10.6. The molecule has 53 heavy (non-hydrogen) atoms. The Bertz CT molecular complexity index is 1820. The number of benzene rings is 4. The number of fused-ring (bicyclic) bond motifs is 2. The van der Waals surface area contributed by atoms with Gasteiger partial charge in [-0.3, -0.25) is 0 Å². The molecule has 0 N–H and O–H groups in total. The molecule has 2 aliphatic carbocycles. The van der Waals surface area contributed by atoms with Crippen LogP contribution in [0.3, 0.4) is 0 Å². The van der Waals surface area contributed by atoms with E-state index < -0.39 is 12.2 Å². The van der Waals surface area contributed by atoms with Gasteiger partial charge in [-0.2, -0.15) is 0 Å². The van der Waals surface area contributed by atoms with E-state index in [1.165, 1.54) is 22.3 Å². The first-order valence-corrected chi connectivity index (χ1v) is 19.5. The predicted octanol–water partition coefficient (Wildman–Crippen LogP) is 11.6. The lowest BCUT2D eigenvalue weighted by atomic mass is 9.63. The molecule has 0 saturated carbocycles. The van der Waals surface area contributed by atoms with E-state index >= 15 is 0 Å². The molecule has 0 amide bonds. The van der Waals surface area contributed by atoms with Crippen LogP contribution in [0.15, 0.2) is 84.9 Å². The third-order valence-electron chi connectivity index (χ3n) is 12.1. The lowest BCUT2D eigenvalue weighted by Crippen LogP contribution is -2.34. The van der Waals surface area contributed by atoms with Crippen molar-refractivity contribution in [3.63, 3.8) is 0 Å². The summed E-state index contributed by atoms with van der Waals surface area (Å²) >= 11 is 0. The molecule has 5 heteroatoms. The number of carbonyl (C=O) groups excluding carboxylic acids is 2. The second-order valence-electron chi connectivity index (χ2n) is 17.7. The van der Waals surface area contributed by atoms with Gasteiger partial charge in [-0.15, -0.1) is 0 Å². The number of hydrogen-bond donors (Lipinski definition) is 0. The van der Waals surface area contributed by atoms with Crippen molar-refractivity contribution in [2.24, 2.45) is 0 Å². The lowest BCUT2D eigenvalue weighted by molar-refractivity contribution is 0.0304. The summed E-state index contributed by atoms with van der Waals surface area (Å²) in [6.45, 7) is 23.0. The average molecular weight is 715 g/mol. The maximum Gasteiger partial charge on any atom is 0.338 e. The van der Waals surface area contributed by atoms with Gasteiger partial charge in [0, 0.05) is 0 Å². The van der Waals surface area contributed by atoms with Gasteiger partial charge in [-0.1, -0.05) is 116 Å². The highest BCUT2D eigenvalue weighted by Gasteiger charge is 2.39. The van der Waals surface area contributed by atoms with Crippen LogP contribution in [0.1, 0.15) is 172 Å². The van der Waals surface area contributed by atoms with E-state index in [1.807, 2.05) is 62.4 Å². The van der Waals surface area contributed by atoms with Crippen molar-refractivity contribution >= 4 is 11.9 Å². The van der Waals surface area contributed by atoms with Crippen LogP contribution in [0.5, 0.6) is 0 Å². The maximum absolute atomic E-state index is 12.7. The van der Waals surface area contributed by atoms with Gasteiger partial charge in [0.2, 0.25) is 0 Å². The molecule has 2 aliphatic rings. The highest BCUT2D eigenvalue weighted by molar-refractivity contribution is 5.90. The Balaban J connectivity index is 1.52. The van der Waals surface area contributed by atoms with Crippen molar-refractivity contribution in [2.45, 2.75) is 129 Å². The Hall–Kier alpha value is -4.22. The summed E-state index contributed by atoms with van der Waals surface area (Å²) in [5, 5.41) is 0. The Morgan fingerprint density at radius 3 is 1.09 bits per heavy atom. The molecule has 4 aromatic rings. The largest absolute Gasteiger partial charge is 0.462 e. The molecule has 0 radical (unpaired) electrons. The summed E-state index contributed by atoms with van der Waals surface area (Å²) in [4.78, 5) is 25.4. The van der Waals surface area contributed by atoms with Gasteiger partial charge in [0.1, 0.15) is 12.2 Å². The fourth-order valence-corrected chi connectivity index (χ4v) is 8.39. The highest BCUT2D eigenvalue weighted by atomic mass is 16.5. The zero-order valence-electron chi connectivity index (χ0n) is 33.5. The zero-order valence-corrected chi connectivity index (χ0v) is 33.5. The minimum absolute atomic E-state index is 0.0123. The fourth-order valence-electron chi connectivity index (χ4n) is 8.39. The van der Waals surface area contributed by atoms with Crippen LogP contribution in [0, 0.1) is 0 Å². The van der Waals surface area contributed by atoms with Crippen LogP contribution in [0.2, 0.25) is 0 Å². The number of ether oxygens (including phenoxy) is 3. The minimum Gasteiger partial charge on any atom is -0.462 e. The molecule has 4 aromatic carbocycles. The van der Waals surface area contributed by atoms with Gasteiger partial charge in [0.25, 0.3) is 0 Å². The van der Waals surface area contributed by atoms with Crippen LogP contribution in [0.4, 0.5) is 0 Å². The molecule has 0 aromatic heterocycles. The average Bonchev–Trinajstić information content (AvgIpc) is 3.13. The molecule has 0 fully saturated rings. The van der Waals surface area contributed by atoms with Crippen molar-refractivity contribution in [1.82, 2.24) is 0 Å². The van der Waals surface area contributed by atoms with E-state index in [9.17, 15) is 9.59 Å². The topological polar surface area (TPSA) is 61.8 Å². The quantitative estimate of drug-likeness (QED) is 0.153. The van der Waals surface area contributed by atoms with Gasteiger partial charge < -0.3 is 14.2 Å². The Morgan fingerprint density at radius 1 is 0.472 bits per heavy atom.